The molecule has 1 amide bonds. The number of amides is 1. The molecule has 1 N–H and O–H groups in total. The van der Waals surface area contributed by atoms with Gasteiger partial charge in [0.05, 0.1) is 12.3 Å². The second kappa shape index (κ2) is 6.83. The number of ether oxygens (including phenoxy) is 1. The molecule has 1 saturated heterocycles. The molecule has 1 aromatic heterocycles. The molecule has 1 aromatic rings. The van der Waals surface area contributed by atoms with Crippen LogP contribution in [0.2, 0.25) is 0 Å². The van der Waals surface area contributed by atoms with E-state index in [4.69, 9.17) is 4.74 Å². The van der Waals surface area contributed by atoms with Gasteiger partial charge in [0.25, 0.3) is 0 Å². The number of aromatic nitrogens is 2. The number of carbonyl (C=O) groups excluding carboxylic acids is 1. The van der Waals surface area contributed by atoms with Crippen LogP contribution in [-0.4, -0.2) is 44.3 Å². The van der Waals surface area contributed by atoms with Crippen molar-refractivity contribution in [3.05, 3.63) is 23.3 Å². The van der Waals surface area contributed by atoms with Gasteiger partial charge in [-0.15, -0.1) is 0 Å². The average Bonchev–Trinajstić information content (AvgIpc) is 2.45. The summed E-state index contributed by atoms with van der Waals surface area (Å²) in [4.78, 5) is 22.7. The van der Waals surface area contributed by atoms with Gasteiger partial charge in [0, 0.05) is 30.3 Å². The van der Waals surface area contributed by atoms with Crippen molar-refractivity contribution in [2.24, 2.45) is 0 Å². The third-order valence-electron chi connectivity index (χ3n) is 4.08. The van der Waals surface area contributed by atoms with Gasteiger partial charge in [-0.05, 0) is 47.5 Å². The lowest BCUT2D eigenvalue weighted by Crippen LogP contribution is -2.46. The summed E-state index contributed by atoms with van der Waals surface area (Å²) < 4.78 is 5.47. The first-order valence-electron chi connectivity index (χ1n) is 8.14. The van der Waals surface area contributed by atoms with E-state index in [0.717, 1.165) is 24.1 Å². The number of hydrogen-bond acceptors (Lipinski definition) is 5. The maximum Gasteiger partial charge on any atom is 0.410 e. The molecule has 23 heavy (non-hydrogen) atoms. The summed E-state index contributed by atoms with van der Waals surface area (Å²) in [5, 5.41) is 9.51. The highest BCUT2D eigenvalue weighted by Gasteiger charge is 2.33. The number of aryl methyl sites for hydroxylation is 1. The lowest BCUT2D eigenvalue weighted by molar-refractivity contribution is 0.0101. The van der Waals surface area contributed by atoms with Crippen molar-refractivity contribution in [3.8, 4) is 0 Å². The Bertz CT molecular complexity index is 569. The number of carbonyl (C=O) groups is 1. The molecular weight excluding hydrogens is 294 g/mol. The zero-order chi connectivity index (χ0) is 17.2. The summed E-state index contributed by atoms with van der Waals surface area (Å²) in [6.45, 7) is 10.1. The van der Waals surface area contributed by atoms with E-state index >= 15 is 0 Å². The Balaban J connectivity index is 2.10. The van der Waals surface area contributed by atoms with Crippen LogP contribution in [0.3, 0.4) is 0 Å². The lowest BCUT2D eigenvalue weighted by atomic mass is 9.87. The van der Waals surface area contributed by atoms with E-state index < -0.39 is 5.60 Å². The standard InChI is InChI=1S/C17H27N3O3/c1-11-8-13(15-14(10-21)9-18-12(2)19-15)6-7-20(11)16(22)23-17(3,4)5/h9,11,13,21H,6-8,10H2,1-5H3. The number of nitrogens with zero attached hydrogens (tertiary/aromatic N) is 3. The van der Waals surface area contributed by atoms with Gasteiger partial charge in [0.15, 0.2) is 0 Å². The van der Waals surface area contributed by atoms with Crippen LogP contribution in [0.5, 0.6) is 0 Å². The first kappa shape index (κ1) is 17.7. The summed E-state index contributed by atoms with van der Waals surface area (Å²) in [6, 6.07) is 0.0745. The fourth-order valence-electron chi connectivity index (χ4n) is 3.00. The first-order chi connectivity index (χ1) is 10.7. The number of rotatable bonds is 2. The molecule has 2 unspecified atom stereocenters. The van der Waals surface area contributed by atoms with E-state index in [-0.39, 0.29) is 24.7 Å². The SMILES string of the molecule is Cc1ncc(CO)c(C2CCN(C(=O)OC(C)(C)C)C(C)C2)n1. The number of aliphatic hydroxyl groups is 1. The largest absolute Gasteiger partial charge is 0.444 e. The summed E-state index contributed by atoms with van der Waals surface area (Å²) in [5.74, 6) is 0.937. The Labute approximate surface area is 137 Å². The predicted molar refractivity (Wildman–Crippen MR) is 87.1 cm³/mol. The molecule has 1 aliphatic heterocycles. The van der Waals surface area contributed by atoms with Gasteiger partial charge < -0.3 is 14.7 Å². The highest BCUT2D eigenvalue weighted by molar-refractivity contribution is 5.68. The molecule has 2 atom stereocenters. The maximum absolute atomic E-state index is 12.3. The Morgan fingerprint density at radius 2 is 2.17 bits per heavy atom. The van der Waals surface area contributed by atoms with Gasteiger partial charge >= 0.3 is 6.09 Å². The zero-order valence-electron chi connectivity index (χ0n) is 14.7. The molecule has 6 nitrogen and oxygen atoms in total. The van der Waals surface area contributed by atoms with E-state index in [1.54, 1.807) is 11.1 Å². The topological polar surface area (TPSA) is 75.6 Å². The van der Waals surface area contributed by atoms with Crippen LogP contribution in [0.1, 0.15) is 63.5 Å². The van der Waals surface area contributed by atoms with Gasteiger partial charge in [-0.2, -0.15) is 0 Å². The molecule has 0 aliphatic carbocycles. The van der Waals surface area contributed by atoms with Crippen molar-refractivity contribution in [2.75, 3.05) is 6.54 Å². The van der Waals surface area contributed by atoms with Crippen molar-refractivity contribution < 1.29 is 14.6 Å². The summed E-state index contributed by atoms with van der Waals surface area (Å²) in [5.41, 5.74) is 1.20. The van der Waals surface area contributed by atoms with Gasteiger partial charge in [-0.3, -0.25) is 0 Å². The molecule has 0 aromatic carbocycles. The molecule has 0 spiro atoms. The van der Waals surface area contributed by atoms with Crippen molar-refractivity contribution in [1.82, 2.24) is 14.9 Å². The molecule has 0 radical (unpaired) electrons. The second-order valence-corrected chi connectivity index (χ2v) is 7.23. The highest BCUT2D eigenvalue weighted by atomic mass is 16.6. The zero-order valence-corrected chi connectivity index (χ0v) is 14.7. The number of likely N-dealkylation sites (tertiary alicyclic amines) is 1. The smallest absolute Gasteiger partial charge is 0.410 e. The fourth-order valence-corrected chi connectivity index (χ4v) is 3.00. The minimum Gasteiger partial charge on any atom is -0.444 e. The quantitative estimate of drug-likeness (QED) is 0.906. The number of piperidine rings is 1. The van der Waals surface area contributed by atoms with Gasteiger partial charge in [-0.1, -0.05) is 0 Å². The first-order valence-corrected chi connectivity index (χ1v) is 8.14. The van der Waals surface area contributed by atoms with E-state index in [2.05, 4.69) is 9.97 Å². The molecule has 1 aliphatic rings. The van der Waals surface area contributed by atoms with Crippen molar-refractivity contribution in [2.45, 2.75) is 71.6 Å². The van der Waals surface area contributed by atoms with Crippen LogP contribution >= 0.6 is 0 Å². The molecule has 0 bridgehead atoms. The van der Waals surface area contributed by atoms with Crippen molar-refractivity contribution in [1.29, 1.82) is 0 Å². The third-order valence-corrected chi connectivity index (χ3v) is 4.08. The maximum atomic E-state index is 12.3. The number of aliphatic hydroxyl groups excluding tert-OH is 1. The van der Waals surface area contributed by atoms with Crippen molar-refractivity contribution >= 4 is 6.09 Å². The normalized spacial score (nSPS) is 22.1. The summed E-state index contributed by atoms with van der Waals surface area (Å²) in [6.07, 6.45) is 3.06. The Morgan fingerprint density at radius 3 is 2.74 bits per heavy atom. The van der Waals surface area contributed by atoms with Crippen molar-refractivity contribution in [3.63, 3.8) is 0 Å². The molecule has 0 saturated carbocycles. The fraction of sp³-hybridized carbons (Fsp3) is 0.706. The monoisotopic (exact) mass is 321 g/mol. The van der Waals surface area contributed by atoms with Crippen LogP contribution < -0.4 is 0 Å². The molecule has 6 heteroatoms. The molecule has 1 fully saturated rings. The minimum atomic E-state index is -0.485. The Hall–Kier alpha value is -1.69. The van der Waals surface area contributed by atoms with Gasteiger partial charge in [0.1, 0.15) is 11.4 Å². The van der Waals surface area contributed by atoms with Crippen LogP contribution in [0.25, 0.3) is 0 Å². The predicted octanol–water partition coefficient (Wildman–Crippen LogP) is 2.78. The second-order valence-electron chi connectivity index (χ2n) is 7.23. The van der Waals surface area contributed by atoms with Crippen LogP contribution in [0, 0.1) is 6.92 Å². The van der Waals surface area contributed by atoms with Gasteiger partial charge in [0.2, 0.25) is 0 Å². The van der Waals surface area contributed by atoms with Gasteiger partial charge in [-0.25, -0.2) is 14.8 Å². The number of hydrogen-bond donors (Lipinski definition) is 1. The molecule has 128 valence electrons. The Morgan fingerprint density at radius 1 is 1.48 bits per heavy atom. The van der Waals surface area contributed by atoms with Crippen LogP contribution in [0.15, 0.2) is 6.20 Å². The summed E-state index contributed by atoms with van der Waals surface area (Å²) in [7, 11) is 0. The van der Waals surface area contributed by atoms with Crippen LogP contribution in [0.4, 0.5) is 4.79 Å². The third kappa shape index (κ3) is 4.41. The molecule has 2 heterocycles. The van der Waals surface area contributed by atoms with E-state index in [9.17, 15) is 9.90 Å². The lowest BCUT2D eigenvalue weighted by Gasteiger charge is -2.38. The van der Waals surface area contributed by atoms with E-state index in [1.807, 2.05) is 34.6 Å². The molecular formula is C17H27N3O3. The Kier molecular flexibility index (Phi) is 5.24. The minimum absolute atomic E-state index is 0.0593. The average molecular weight is 321 g/mol. The molecule has 2 rings (SSSR count). The highest BCUT2D eigenvalue weighted by Crippen LogP contribution is 2.33. The summed E-state index contributed by atoms with van der Waals surface area (Å²) >= 11 is 0. The van der Waals surface area contributed by atoms with Crippen LogP contribution in [-0.2, 0) is 11.3 Å². The van der Waals surface area contributed by atoms with E-state index in [0.29, 0.717) is 12.4 Å². The van der Waals surface area contributed by atoms with E-state index in [1.165, 1.54) is 0 Å².